The molecule has 20 heavy (non-hydrogen) atoms. The third-order valence-corrected chi connectivity index (χ3v) is 5.65. The van der Waals surface area contributed by atoms with Crippen molar-refractivity contribution in [2.75, 3.05) is 0 Å². The number of hydrogen-bond donors (Lipinski definition) is 1. The summed E-state index contributed by atoms with van der Waals surface area (Å²) in [6, 6.07) is 3.83. The van der Waals surface area contributed by atoms with E-state index in [4.69, 9.17) is 0 Å². The molecular formula is C14H17BrN2O2S. The van der Waals surface area contributed by atoms with Gasteiger partial charge in [-0.2, -0.15) is 0 Å². The van der Waals surface area contributed by atoms with Gasteiger partial charge in [0.15, 0.2) is 0 Å². The summed E-state index contributed by atoms with van der Waals surface area (Å²) in [5.41, 5.74) is 0. The van der Waals surface area contributed by atoms with Gasteiger partial charge in [-0.3, -0.25) is 14.5 Å². The van der Waals surface area contributed by atoms with E-state index in [2.05, 4.69) is 21.2 Å². The van der Waals surface area contributed by atoms with Crippen LogP contribution in [0.15, 0.2) is 15.9 Å². The molecule has 0 spiro atoms. The van der Waals surface area contributed by atoms with Crippen molar-refractivity contribution in [2.24, 2.45) is 0 Å². The predicted octanol–water partition coefficient (Wildman–Crippen LogP) is 2.67. The minimum atomic E-state index is -0.344. The lowest BCUT2D eigenvalue weighted by Crippen LogP contribution is -2.42. The van der Waals surface area contributed by atoms with E-state index in [1.165, 1.54) is 4.90 Å². The Morgan fingerprint density at radius 3 is 2.70 bits per heavy atom. The first-order valence-electron chi connectivity index (χ1n) is 6.98. The molecule has 1 saturated heterocycles. The summed E-state index contributed by atoms with van der Waals surface area (Å²) >= 11 is 5.07. The monoisotopic (exact) mass is 356 g/mol. The van der Waals surface area contributed by atoms with Crippen LogP contribution < -0.4 is 5.32 Å². The molecule has 3 rings (SSSR count). The molecule has 1 atom stereocenters. The lowest BCUT2D eigenvalue weighted by molar-refractivity contribution is -0.141. The average Bonchev–Trinajstić information content (AvgIpc) is 3.10. The Morgan fingerprint density at radius 2 is 2.05 bits per heavy atom. The van der Waals surface area contributed by atoms with E-state index in [1.807, 2.05) is 12.1 Å². The second kappa shape index (κ2) is 5.95. The lowest BCUT2D eigenvalue weighted by Gasteiger charge is -2.22. The fraction of sp³-hybridized carbons (Fsp3) is 0.571. The van der Waals surface area contributed by atoms with E-state index in [0.29, 0.717) is 13.0 Å². The van der Waals surface area contributed by atoms with Crippen LogP contribution in [-0.2, 0) is 16.1 Å². The number of imide groups is 1. The van der Waals surface area contributed by atoms with Crippen molar-refractivity contribution in [2.45, 2.75) is 50.7 Å². The highest BCUT2D eigenvalue weighted by Gasteiger charge is 2.42. The van der Waals surface area contributed by atoms with Gasteiger partial charge < -0.3 is 5.32 Å². The standard InChI is InChI=1S/C14H17BrN2O2S/c15-12-6-5-10(20-12)8-16-11-7-13(18)17(14(11)19)9-3-1-2-4-9/h5-6,9,11,16H,1-4,7-8H2. The van der Waals surface area contributed by atoms with Crippen molar-refractivity contribution >= 4 is 39.1 Å². The number of amides is 2. The van der Waals surface area contributed by atoms with Crippen molar-refractivity contribution in [1.82, 2.24) is 10.2 Å². The van der Waals surface area contributed by atoms with Crippen molar-refractivity contribution in [1.29, 1.82) is 0 Å². The molecule has 0 bridgehead atoms. The minimum Gasteiger partial charge on any atom is -0.300 e. The van der Waals surface area contributed by atoms with Crippen molar-refractivity contribution in [3.8, 4) is 0 Å². The maximum atomic E-state index is 12.4. The molecule has 0 radical (unpaired) electrons. The Morgan fingerprint density at radius 1 is 1.30 bits per heavy atom. The van der Waals surface area contributed by atoms with Crippen LogP contribution in [0.2, 0.25) is 0 Å². The Balaban J connectivity index is 1.60. The van der Waals surface area contributed by atoms with E-state index in [0.717, 1.165) is 34.3 Å². The maximum Gasteiger partial charge on any atom is 0.247 e. The van der Waals surface area contributed by atoms with Gasteiger partial charge in [-0.1, -0.05) is 12.8 Å². The van der Waals surface area contributed by atoms with Crippen LogP contribution in [0.5, 0.6) is 0 Å². The zero-order chi connectivity index (χ0) is 14.1. The Hall–Kier alpha value is -0.720. The number of nitrogens with zero attached hydrogens (tertiary/aromatic N) is 1. The van der Waals surface area contributed by atoms with E-state index >= 15 is 0 Å². The number of likely N-dealkylation sites (tertiary alicyclic amines) is 1. The quantitative estimate of drug-likeness (QED) is 0.843. The topological polar surface area (TPSA) is 49.4 Å². The predicted molar refractivity (Wildman–Crippen MR) is 81.4 cm³/mol. The van der Waals surface area contributed by atoms with Gasteiger partial charge >= 0.3 is 0 Å². The molecular weight excluding hydrogens is 340 g/mol. The zero-order valence-corrected chi connectivity index (χ0v) is 13.5. The van der Waals surface area contributed by atoms with Crippen molar-refractivity contribution in [3.63, 3.8) is 0 Å². The molecule has 2 fully saturated rings. The average molecular weight is 357 g/mol. The van der Waals surface area contributed by atoms with Crippen LogP contribution in [0.4, 0.5) is 0 Å². The van der Waals surface area contributed by atoms with E-state index < -0.39 is 0 Å². The molecule has 108 valence electrons. The molecule has 1 aromatic heterocycles. The maximum absolute atomic E-state index is 12.4. The third-order valence-electron chi connectivity index (χ3n) is 4.02. The second-order valence-corrected chi connectivity index (χ2v) is 7.93. The summed E-state index contributed by atoms with van der Waals surface area (Å²) in [5.74, 6) is -0.0377. The van der Waals surface area contributed by atoms with Crippen LogP contribution in [0.25, 0.3) is 0 Å². The van der Waals surface area contributed by atoms with Crippen LogP contribution in [0, 0.1) is 0 Å². The number of halogens is 1. The molecule has 2 heterocycles. The normalized spacial score (nSPS) is 24.1. The Bertz CT molecular complexity index is 525. The zero-order valence-electron chi connectivity index (χ0n) is 11.1. The smallest absolute Gasteiger partial charge is 0.247 e. The fourth-order valence-electron chi connectivity index (χ4n) is 3.03. The molecule has 1 aliphatic heterocycles. The van der Waals surface area contributed by atoms with Gasteiger partial charge in [-0.15, -0.1) is 11.3 Å². The molecule has 1 aliphatic carbocycles. The summed E-state index contributed by atoms with van der Waals surface area (Å²) in [6.45, 7) is 0.637. The number of hydrogen-bond acceptors (Lipinski definition) is 4. The molecule has 2 aliphatic rings. The van der Waals surface area contributed by atoms with Gasteiger partial charge in [-0.25, -0.2) is 0 Å². The van der Waals surface area contributed by atoms with Crippen LogP contribution in [-0.4, -0.2) is 28.8 Å². The third kappa shape index (κ3) is 2.82. The van der Waals surface area contributed by atoms with Crippen molar-refractivity contribution in [3.05, 3.63) is 20.8 Å². The van der Waals surface area contributed by atoms with Crippen molar-refractivity contribution < 1.29 is 9.59 Å². The number of nitrogens with one attached hydrogen (secondary N) is 1. The largest absolute Gasteiger partial charge is 0.300 e. The number of carbonyl (C=O) groups excluding carboxylic acids is 2. The Kier molecular flexibility index (Phi) is 4.23. The molecule has 4 nitrogen and oxygen atoms in total. The SMILES string of the molecule is O=C1CC(NCc2ccc(Br)s2)C(=O)N1C1CCCC1. The lowest BCUT2D eigenvalue weighted by atomic mass is 10.2. The highest BCUT2D eigenvalue weighted by molar-refractivity contribution is 9.11. The molecule has 1 saturated carbocycles. The summed E-state index contributed by atoms with van der Waals surface area (Å²) < 4.78 is 1.08. The number of thiophene rings is 1. The fourth-order valence-corrected chi connectivity index (χ4v) is 4.46. The first-order chi connectivity index (χ1) is 9.65. The van der Waals surface area contributed by atoms with E-state index in [-0.39, 0.29) is 23.9 Å². The van der Waals surface area contributed by atoms with Gasteiger partial charge in [0.2, 0.25) is 11.8 Å². The molecule has 1 aromatic rings. The number of rotatable bonds is 4. The minimum absolute atomic E-state index is 0.00763. The molecule has 6 heteroatoms. The second-order valence-electron chi connectivity index (χ2n) is 5.38. The van der Waals surface area contributed by atoms with E-state index in [1.54, 1.807) is 11.3 Å². The summed E-state index contributed by atoms with van der Waals surface area (Å²) in [5, 5.41) is 3.22. The highest BCUT2D eigenvalue weighted by Crippen LogP contribution is 2.28. The highest BCUT2D eigenvalue weighted by atomic mass is 79.9. The summed E-state index contributed by atoms with van der Waals surface area (Å²) in [6.07, 6.45) is 4.51. The van der Waals surface area contributed by atoms with Gasteiger partial charge in [0, 0.05) is 17.5 Å². The van der Waals surface area contributed by atoms with Gasteiger partial charge in [0.05, 0.1) is 16.2 Å². The first-order valence-corrected chi connectivity index (χ1v) is 8.59. The summed E-state index contributed by atoms with van der Waals surface area (Å²) in [7, 11) is 0. The number of carbonyl (C=O) groups is 2. The first kappa shape index (κ1) is 14.2. The van der Waals surface area contributed by atoms with Crippen LogP contribution in [0.3, 0.4) is 0 Å². The van der Waals surface area contributed by atoms with Crippen LogP contribution in [0.1, 0.15) is 37.0 Å². The molecule has 1 N–H and O–H groups in total. The molecule has 0 aromatic carbocycles. The van der Waals surface area contributed by atoms with Gasteiger partial charge in [0.25, 0.3) is 0 Å². The van der Waals surface area contributed by atoms with Crippen LogP contribution >= 0.6 is 27.3 Å². The molecule has 2 amide bonds. The van der Waals surface area contributed by atoms with Gasteiger partial charge in [-0.05, 0) is 40.9 Å². The van der Waals surface area contributed by atoms with E-state index in [9.17, 15) is 9.59 Å². The molecule has 1 unspecified atom stereocenters. The van der Waals surface area contributed by atoms with Gasteiger partial charge in [0.1, 0.15) is 0 Å². The summed E-state index contributed by atoms with van der Waals surface area (Å²) in [4.78, 5) is 27.1. The Labute approximate surface area is 130 Å².